The molecule has 0 spiro atoms. The molecule has 7 nitrogen and oxygen atoms in total. The van der Waals surface area contributed by atoms with E-state index in [2.05, 4.69) is 10.0 Å². The standard InChI is InChI=1S/C18H18Cl2N2O5S/c1-26-17-3-2-15(28(24,25)22-13-4-5-27-10-13)9-16(17)18(23)21-14-7-11(19)6-12(20)8-14/h2-3,6-9,13,22H,4-5,10H2,1H3,(H,21,23). The van der Waals surface area contributed by atoms with Crippen LogP contribution in [0, 0.1) is 0 Å². The first-order valence-electron chi connectivity index (χ1n) is 8.34. The summed E-state index contributed by atoms with van der Waals surface area (Å²) in [5, 5.41) is 3.35. The average Bonchev–Trinajstić information content (AvgIpc) is 3.12. The second-order valence-corrected chi connectivity index (χ2v) is 8.74. The minimum atomic E-state index is -3.82. The summed E-state index contributed by atoms with van der Waals surface area (Å²) in [5.74, 6) is -0.329. The smallest absolute Gasteiger partial charge is 0.259 e. The summed E-state index contributed by atoms with van der Waals surface area (Å²) in [6, 6.07) is 8.37. The molecule has 150 valence electrons. The Hall–Kier alpha value is -1.84. The second-order valence-electron chi connectivity index (χ2n) is 6.16. The number of halogens is 2. The summed E-state index contributed by atoms with van der Waals surface area (Å²) in [7, 11) is -2.43. The SMILES string of the molecule is COc1ccc(S(=O)(=O)NC2CCOC2)cc1C(=O)Nc1cc(Cl)cc(Cl)c1. The Balaban J connectivity index is 1.88. The van der Waals surface area contributed by atoms with Crippen LogP contribution in [0.3, 0.4) is 0 Å². The lowest BCUT2D eigenvalue weighted by Gasteiger charge is -2.14. The van der Waals surface area contributed by atoms with Crippen molar-refractivity contribution in [2.24, 2.45) is 0 Å². The molecule has 1 heterocycles. The number of amides is 1. The van der Waals surface area contributed by atoms with E-state index in [1.54, 1.807) is 0 Å². The van der Waals surface area contributed by atoms with E-state index < -0.39 is 15.9 Å². The van der Waals surface area contributed by atoms with Crippen molar-refractivity contribution in [3.63, 3.8) is 0 Å². The van der Waals surface area contributed by atoms with Gasteiger partial charge in [-0.25, -0.2) is 13.1 Å². The fourth-order valence-corrected chi connectivity index (χ4v) is 4.58. The van der Waals surface area contributed by atoms with Crippen molar-refractivity contribution in [2.45, 2.75) is 17.4 Å². The van der Waals surface area contributed by atoms with Gasteiger partial charge in [-0.15, -0.1) is 0 Å². The first kappa shape index (κ1) is 20.9. The zero-order chi connectivity index (χ0) is 20.3. The van der Waals surface area contributed by atoms with Gasteiger partial charge in [-0.1, -0.05) is 23.2 Å². The predicted octanol–water partition coefficient (Wildman–Crippen LogP) is 3.32. The van der Waals surface area contributed by atoms with Crippen molar-refractivity contribution >= 4 is 44.8 Å². The van der Waals surface area contributed by atoms with Crippen LogP contribution in [0.4, 0.5) is 5.69 Å². The van der Waals surface area contributed by atoms with Gasteiger partial charge in [0.25, 0.3) is 5.91 Å². The van der Waals surface area contributed by atoms with Crippen LogP contribution < -0.4 is 14.8 Å². The van der Waals surface area contributed by atoms with Crippen molar-refractivity contribution < 1.29 is 22.7 Å². The molecule has 0 aliphatic carbocycles. The monoisotopic (exact) mass is 444 g/mol. The van der Waals surface area contributed by atoms with Crippen LogP contribution in [0.2, 0.25) is 10.0 Å². The second kappa shape index (κ2) is 8.67. The number of benzene rings is 2. The number of nitrogens with one attached hydrogen (secondary N) is 2. The largest absolute Gasteiger partial charge is 0.496 e. The third kappa shape index (κ3) is 4.95. The first-order chi connectivity index (χ1) is 13.3. The van der Waals surface area contributed by atoms with Gasteiger partial charge >= 0.3 is 0 Å². The van der Waals surface area contributed by atoms with Gasteiger partial charge in [-0.2, -0.15) is 0 Å². The van der Waals surface area contributed by atoms with E-state index in [0.29, 0.717) is 35.4 Å². The number of rotatable bonds is 6. The van der Waals surface area contributed by atoms with Gasteiger partial charge in [0.05, 0.1) is 24.2 Å². The molecule has 0 saturated carbocycles. The predicted molar refractivity (Wildman–Crippen MR) is 107 cm³/mol. The number of carbonyl (C=O) groups excluding carboxylic acids is 1. The van der Waals surface area contributed by atoms with Crippen LogP contribution in [0.1, 0.15) is 16.8 Å². The molecule has 0 bridgehead atoms. The number of ether oxygens (including phenoxy) is 2. The van der Waals surface area contributed by atoms with Crippen LogP contribution in [-0.2, 0) is 14.8 Å². The van der Waals surface area contributed by atoms with E-state index in [1.807, 2.05) is 0 Å². The number of anilines is 1. The summed E-state index contributed by atoms with van der Waals surface area (Å²) < 4.78 is 38.2. The summed E-state index contributed by atoms with van der Waals surface area (Å²) in [5.41, 5.74) is 0.434. The van der Waals surface area contributed by atoms with Crippen LogP contribution in [0.15, 0.2) is 41.3 Å². The van der Waals surface area contributed by atoms with Crippen molar-refractivity contribution in [1.82, 2.24) is 4.72 Å². The molecule has 10 heteroatoms. The zero-order valence-electron chi connectivity index (χ0n) is 14.9. The molecular formula is C18H18Cl2N2O5S. The molecule has 1 fully saturated rings. The van der Waals surface area contributed by atoms with Gasteiger partial charge in [-0.3, -0.25) is 4.79 Å². The molecule has 2 aromatic carbocycles. The number of sulfonamides is 1. The third-order valence-electron chi connectivity index (χ3n) is 4.10. The van der Waals surface area contributed by atoms with Gasteiger partial charge < -0.3 is 14.8 Å². The number of hydrogen-bond donors (Lipinski definition) is 2. The highest BCUT2D eigenvalue weighted by molar-refractivity contribution is 7.89. The molecule has 1 unspecified atom stereocenters. The lowest BCUT2D eigenvalue weighted by molar-refractivity contribution is 0.102. The highest BCUT2D eigenvalue weighted by atomic mass is 35.5. The maximum Gasteiger partial charge on any atom is 0.259 e. The molecule has 1 saturated heterocycles. The zero-order valence-corrected chi connectivity index (χ0v) is 17.2. The minimum Gasteiger partial charge on any atom is -0.496 e. The summed E-state index contributed by atoms with van der Waals surface area (Å²) in [4.78, 5) is 12.7. The molecule has 1 atom stereocenters. The van der Waals surface area contributed by atoms with E-state index in [-0.39, 0.29) is 22.3 Å². The Bertz CT molecular complexity index is 971. The van der Waals surface area contributed by atoms with Gasteiger partial charge in [0.1, 0.15) is 5.75 Å². The lowest BCUT2D eigenvalue weighted by Crippen LogP contribution is -2.35. The highest BCUT2D eigenvalue weighted by Crippen LogP contribution is 2.26. The molecular weight excluding hydrogens is 427 g/mol. The number of methoxy groups -OCH3 is 1. The quantitative estimate of drug-likeness (QED) is 0.712. The van der Waals surface area contributed by atoms with Gasteiger partial charge in [0, 0.05) is 28.4 Å². The van der Waals surface area contributed by atoms with Crippen LogP contribution >= 0.6 is 23.2 Å². The number of hydrogen-bond acceptors (Lipinski definition) is 5. The van der Waals surface area contributed by atoms with Crippen LogP contribution in [-0.4, -0.2) is 40.7 Å². The fraction of sp³-hybridized carbons (Fsp3) is 0.278. The van der Waals surface area contributed by atoms with Gasteiger partial charge in [0.2, 0.25) is 10.0 Å². The molecule has 28 heavy (non-hydrogen) atoms. The minimum absolute atomic E-state index is 0.0468. The van der Waals surface area contributed by atoms with Crippen molar-refractivity contribution in [3.8, 4) is 5.75 Å². The topological polar surface area (TPSA) is 93.7 Å². The molecule has 0 aromatic heterocycles. The molecule has 2 N–H and O–H groups in total. The van der Waals surface area contributed by atoms with E-state index >= 15 is 0 Å². The third-order valence-corrected chi connectivity index (χ3v) is 6.05. The van der Waals surface area contributed by atoms with Crippen molar-refractivity contribution in [2.75, 3.05) is 25.6 Å². The Morgan fingerprint density at radius 1 is 1.18 bits per heavy atom. The molecule has 3 rings (SSSR count). The van der Waals surface area contributed by atoms with E-state index in [9.17, 15) is 13.2 Å². The van der Waals surface area contributed by atoms with E-state index in [0.717, 1.165) is 0 Å². The molecule has 1 aliphatic heterocycles. The van der Waals surface area contributed by atoms with Crippen molar-refractivity contribution in [1.29, 1.82) is 0 Å². The lowest BCUT2D eigenvalue weighted by atomic mass is 10.2. The van der Waals surface area contributed by atoms with Gasteiger partial charge in [0.15, 0.2) is 0 Å². The summed E-state index contributed by atoms with van der Waals surface area (Å²) in [6.07, 6.45) is 0.595. The Kier molecular flexibility index (Phi) is 6.47. The molecule has 1 amide bonds. The molecule has 1 aliphatic rings. The summed E-state index contributed by atoms with van der Waals surface area (Å²) >= 11 is 11.9. The fourth-order valence-electron chi connectivity index (χ4n) is 2.77. The maximum absolute atomic E-state index is 12.7. The normalized spacial score (nSPS) is 16.8. The summed E-state index contributed by atoms with van der Waals surface area (Å²) in [6.45, 7) is 0.823. The van der Waals surface area contributed by atoms with Crippen LogP contribution in [0.5, 0.6) is 5.75 Å². The van der Waals surface area contributed by atoms with Crippen LogP contribution in [0.25, 0.3) is 0 Å². The van der Waals surface area contributed by atoms with Crippen molar-refractivity contribution in [3.05, 3.63) is 52.0 Å². The Morgan fingerprint density at radius 2 is 1.89 bits per heavy atom. The molecule has 0 radical (unpaired) electrons. The first-order valence-corrected chi connectivity index (χ1v) is 10.6. The molecule has 2 aromatic rings. The Morgan fingerprint density at radius 3 is 2.50 bits per heavy atom. The number of carbonyl (C=O) groups is 1. The Labute approximate surface area is 173 Å². The van der Waals surface area contributed by atoms with E-state index in [4.69, 9.17) is 32.7 Å². The average molecular weight is 445 g/mol. The maximum atomic E-state index is 12.7. The van der Waals surface area contributed by atoms with Gasteiger partial charge in [-0.05, 0) is 42.8 Å². The van der Waals surface area contributed by atoms with E-state index in [1.165, 1.54) is 43.5 Å². The highest BCUT2D eigenvalue weighted by Gasteiger charge is 2.25.